The third-order valence-corrected chi connectivity index (χ3v) is 8.01. The standard InChI is InChI=1S/C31H18N4/c1-2-4-20-17(3-1)14-23-21(20)7-5-18-13-19-6-8-27-30(29(19)28(18)23)34-31-25-16-32-11-9-22(25)24-15-33-12-10-26(24)35(27)31/h1-12,15-16H,13-14H2. The minimum absolute atomic E-state index is 0.958. The van der Waals surface area contributed by atoms with E-state index in [1.165, 1.54) is 44.5 Å². The molecule has 0 saturated heterocycles. The molecule has 4 heterocycles. The number of aromatic nitrogens is 4. The number of fused-ring (bicyclic) bond motifs is 16. The molecule has 0 unspecified atom stereocenters. The highest BCUT2D eigenvalue weighted by Gasteiger charge is 2.30. The maximum absolute atomic E-state index is 5.34. The summed E-state index contributed by atoms with van der Waals surface area (Å²) in [4.78, 5) is 14.2. The van der Waals surface area contributed by atoms with Crippen LogP contribution in [0.1, 0.15) is 22.3 Å². The second-order valence-corrected chi connectivity index (χ2v) is 9.69. The molecule has 162 valence electrons. The van der Waals surface area contributed by atoms with Gasteiger partial charge in [0.05, 0.1) is 16.6 Å². The first-order chi connectivity index (χ1) is 17.4. The minimum atomic E-state index is 0.958. The van der Waals surface area contributed by atoms with Crippen LogP contribution in [-0.4, -0.2) is 19.4 Å². The van der Waals surface area contributed by atoms with E-state index in [1.54, 1.807) is 0 Å². The Morgan fingerprint density at radius 1 is 0.600 bits per heavy atom. The molecule has 0 amide bonds. The van der Waals surface area contributed by atoms with Gasteiger partial charge in [0.15, 0.2) is 0 Å². The number of pyridine rings is 3. The van der Waals surface area contributed by atoms with Gasteiger partial charge in [-0.25, -0.2) is 4.98 Å². The Morgan fingerprint density at radius 2 is 1.43 bits per heavy atom. The SMILES string of the molecule is c1ccc2c(c1)Cc1c-2ccc2c1-c1c(ccc3c1nc1c4cnccc4c4cnccc4n31)C2. The van der Waals surface area contributed by atoms with E-state index in [2.05, 4.69) is 75.0 Å². The van der Waals surface area contributed by atoms with Gasteiger partial charge in [-0.2, -0.15) is 0 Å². The monoisotopic (exact) mass is 446 g/mol. The molecular formula is C31H18N4. The highest BCUT2D eigenvalue weighted by molar-refractivity contribution is 6.14. The molecule has 0 bridgehead atoms. The number of hydrogen-bond donors (Lipinski definition) is 0. The maximum Gasteiger partial charge on any atom is 0.147 e. The van der Waals surface area contributed by atoms with E-state index in [0.717, 1.165) is 51.2 Å². The molecule has 2 aliphatic carbocycles. The van der Waals surface area contributed by atoms with Crippen molar-refractivity contribution in [1.29, 1.82) is 0 Å². The van der Waals surface area contributed by atoms with Crippen molar-refractivity contribution in [2.24, 2.45) is 0 Å². The lowest BCUT2D eigenvalue weighted by Crippen LogP contribution is -1.92. The summed E-state index contributed by atoms with van der Waals surface area (Å²) in [5.41, 5.74) is 15.4. The largest absolute Gasteiger partial charge is 0.292 e. The molecule has 4 nitrogen and oxygen atoms in total. The minimum Gasteiger partial charge on any atom is -0.292 e. The zero-order chi connectivity index (χ0) is 22.7. The smallest absolute Gasteiger partial charge is 0.147 e. The van der Waals surface area contributed by atoms with Gasteiger partial charge in [0.2, 0.25) is 0 Å². The summed E-state index contributed by atoms with van der Waals surface area (Å²) in [7, 11) is 0. The van der Waals surface area contributed by atoms with Crippen LogP contribution >= 0.6 is 0 Å². The molecule has 35 heavy (non-hydrogen) atoms. The van der Waals surface area contributed by atoms with E-state index in [-0.39, 0.29) is 0 Å². The fourth-order valence-corrected chi connectivity index (χ4v) is 6.56. The van der Waals surface area contributed by atoms with Gasteiger partial charge in [-0.15, -0.1) is 0 Å². The van der Waals surface area contributed by atoms with Gasteiger partial charge >= 0.3 is 0 Å². The molecule has 9 rings (SSSR count). The van der Waals surface area contributed by atoms with E-state index >= 15 is 0 Å². The van der Waals surface area contributed by atoms with Gasteiger partial charge in [-0.1, -0.05) is 42.5 Å². The van der Waals surface area contributed by atoms with Gasteiger partial charge in [-0.3, -0.25) is 14.4 Å². The zero-order valence-electron chi connectivity index (χ0n) is 18.8. The Kier molecular flexibility index (Phi) is 3.11. The summed E-state index contributed by atoms with van der Waals surface area (Å²) < 4.78 is 2.30. The first-order valence-electron chi connectivity index (χ1n) is 12.0. The number of benzene rings is 3. The van der Waals surface area contributed by atoms with Crippen LogP contribution in [0.25, 0.3) is 60.6 Å². The van der Waals surface area contributed by atoms with Crippen LogP contribution in [0.15, 0.2) is 85.5 Å². The second kappa shape index (κ2) is 6.10. The number of imidazole rings is 1. The Balaban J connectivity index is 1.45. The van der Waals surface area contributed by atoms with Crippen LogP contribution in [-0.2, 0) is 12.8 Å². The lowest BCUT2D eigenvalue weighted by molar-refractivity contribution is 1.23. The van der Waals surface area contributed by atoms with Crippen molar-refractivity contribution >= 4 is 38.4 Å². The van der Waals surface area contributed by atoms with Crippen molar-refractivity contribution in [1.82, 2.24) is 19.4 Å². The summed E-state index contributed by atoms with van der Waals surface area (Å²) in [6.45, 7) is 0. The third-order valence-electron chi connectivity index (χ3n) is 8.01. The molecule has 3 aromatic carbocycles. The lowest BCUT2D eigenvalue weighted by atomic mass is 9.94. The Morgan fingerprint density at radius 3 is 2.40 bits per heavy atom. The quantitative estimate of drug-likeness (QED) is 0.243. The molecule has 0 spiro atoms. The highest BCUT2D eigenvalue weighted by Crippen LogP contribution is 2.49. The summed E-state index contributed by atoms with van der Waals surface area (Å²) in [6.07, 6.45) is 9.56. The molecule has 0 atom stereocenters. The lowest BCUT2D eigenvalue weighted by Gasteiger charge is -2.10. The van der Waals surface area contributed by atoms with E-state index in [0.29, 0.717) is 0 Å². The van der Waals surface area contributed by atoms with Gasteiger partial charge in [0, 0.05) is 41.1 Å². The third kappa shape index (κ3) is 2.11. The van der Waals surface area contributed by atoms with Crippen molar-refractivity contribution in [2.45, 2.75) is 12.8 Å². The van der Waals surface area contributed by atoms with Crippen LogP contribution in [0.4, 0.5) is 0 Å². The predicted molar refractivity (Wildman–Crippen MR) is 140 cm³/mol. The van der Waals surface area contributed by atoms with Crippen molar-refractivity contribution in [3.63, 3.8) is 0 Å². The van der Waals surface area contributed by atoms with Crippen molar-refractivity contribution in [3.8, 4) is 22.3 Å². The first kappa shape index (κ1) is 17.8. The number of rotatable bonds is 0. The Labute approximate surface area is 200 Å². The molecule has 4 heteroatoms. The second-order valence-electron chi connectivity index (χ2n) is 9.69. The Hall–Kier alpha value is -4.57. The summed E-state index contributed by atoms with van der Waals surface area (Å²) >= 11 is 0. The van der Waals surface area contributed by atoms with Crippen molar-refractivity contribution < 1.29 is 0 Å². The highest BCUT2D eigenvalue weighted by atomic mass is 15.0. The van der Waals surface area contributed by atoms with Gasteiger partial charge < -0.3 is 0 Å². The van der Waals surface area contributed by atoms with Gasteiger partial charge in [-0.05, 0) is 75.4 Å². The van der Waals surface area contributed by atoms with Crippen LogP contribution < -0.4 is 0 Å². The fourth-order valence-electron chi connectivity index (χ4n) is 6.56. The van der Waals surface area contributed by atoms with Crippen LogP contribution in [0.2, 0.25) is 0 Å². The first-order valence-corrected chi connectivity index (χ1v) is 12.0. The molecule has 4 aromatic heterocycles. The van der Waals surface area contributed by atoms with E-state index < -0.39 is 0 Å². The molecule has 0 aliphatic heterocycles. The molecule has 0 saturated carbocycles. The van der Waals surface area contributed by atoms with E-state index in [4.69, 9.17) is 4.98 Å². The van der Waals surface area contributed by atoms with Crippen LogP contribution in [0.3, 0.4) is 0 Å². The van der Waals surface area contributed by atoms with Crippen LogP contribution in [0, 0.1) is 0 Å². The summed E-state index contributed by atoms with van der Waals surface area (Å²) in [5.74, 6) is 0. The van der Waals surface area contributed by atoms with Gasteiger partial charge in [0.25, 0.3) is 0 Å². The fraction of sp³-hybridized carbons (Fsp3) is 0.0645. The molecule has 0 radical (unpaired) electrons. The number of hydrogen-bond acceptors (Lipinski definition) is 3. The van der Waals surface area contributed by atoms with E-state index in [1.807, 2.05) is 24.8 Å². The molecule has 0 N–H and O–H groups in total. The van der Waals surface area contributed by atoms with Gasteiger partial charge in [0.1, 0.15) is 5.65 Å². The average molecular weight is 447 g/mol. The average Bonchev–Trinajstić information content (AvgIpc) is 3.59. The van der Waals surface area contributed by atoms with Crippen molar-refractivity contribution in [3.05, 3.63) is 108 Å². The Bertz CT molecular complexity index is 2070. The topological polar surface area (TPSA) is 43.1 Å². The van der Waals surface area contributed by atoms with Crippen molar-refractivity contribution in [2.75, 3.05) is 0 Å². The molecule has 2 aliphatic rings. The van der Waals surface area contributed by atoms with E-state index in [9.17, 15) is 0 Å². The maximum atomic E-state index is 5.34. The predicted octanol–water partition coefficient (Wildman–Crippen LogP) is 6.73. The number of nitrogens with zero attached hydrogens (tertiary/aromatic N) is 4. The summed E-state index contributed by atoms with van der Waals surface area (Å²) in [6, 6.07) is 22.2. The molecule has 7 aromatic rings. The molecule has 0 fully saturated rings. The zero-order valence-corrected chi connectivity index (χ0v) is 18.8. The van der Waals surface area contributed by atoms with Crippen LogP contribution in [0.5, 0.6) is 0 Å². The summed E-state index contributed by atoms with van der Waals surface area (Å²) in [5, 5.41) is 3.31. The normalized spacial score (nSPS) is 13.5. The molecular weight excluding hydrogens is 428 g/mol.